The van der Waals surface area contributed by atoms with Crippen LogP contribution in [-0.2, 0) is 16.4 Å². The van der Waals surface area contributed by atoms with Crippen molar-refractivity contribution in [1.82, 2.24) is 4.72 Å². The van der Waals surface area contributed by atoms with E-state index in [9.17, 15) is 8.42 Å². The van der Waals surface area contributed by atoms with Crippen LogP contribution in [0.4, 0.5) is 0 Å². The summed E-state index contributed by atoms with van der Waals surface area (Å²) >= 11 is 9.85. The van der Waals surface area contributed by atoms with E-state index in [-0.39, 0.29) is 9.88 Å². The number of hydrogen-bond acceptors (Lipinski definition) is 4. The monoisotopic (exact) mass is 404 g/mol. The maximum Gasteiger partial charge on any atom is 0.241 e. The Bertz CT molecular complexity index is 756. The third kappa shape index (κ3) is 4.33. The van der Waals surface area contributed by atoms with Gasteiger partial charge in [-0.1, -0.05) is 30.4 Å². The molecule has 1 aromatic heterocycles. The van der Waals surface area contributed by atoms with E-state index >= 15 is 0 Å². The SMILES string of the molecule is NC(=S)c1ccccc1S(=O)(=O)NCCc1ccc(Br)s1. The minimum absolute atomic E-state index is 0.0677. The van der Waals surface area contributed by atoms with Gasteiger partial charge in [0.15, 0.2) is 0 Å². The van der Waals surface area contributed by atoms with Gasteiger partial charge in [0.05, 0.1) is 8.68 Å². The molecular formula is C13H13BrN2O2S3. The molecule has 0 aliphatic heterocycles. The second-order valence-electron chi connectivity index (χ2n) is 4.21. The van der Waals surface area contributed by atoms with Crippen molar-refractivity contribution in [2.24, 2.45) is 5.73 Å². The molecule has 2 aromatic rings. The molecule has 4 nitrogen and oxygen atoms in total. The Labute approximate surface area is 141 Å². The number of halogens is 1. The highest BCUT2D eigenvalue weighted by atomic mass is 79.9. The van der Waals surface area contributed by atoms with Gasteiger partial charge in [-0.05, 0) is 40.5 Å². The number of rotatable bonds is 6. The van der Waals surface area contributed by atoms with Crippen LogP contribution in [0.3, 0.4) is 0 Å². The third-order valence-electron chi connectivity index (χ3n) is 2.73. The predicted molar refractivity (Wildman–Crippen MR) is 93.2 cm³/mol. The largest absolute Gasteiger partial charge is 0.389 e. The van der Waals surface area contributed by atoms with Crippen LogP contribution in [0, 0.1) is 0 Å². The highest BCUT2D eigenvalue weighted by Crippen LogP contribution is 2.22. The van der Waals surface area contributed by atoms with Gasteiger partial charge in [-0.15, -0.1) is 11.3 Å². The number of benzene rings is 1. The lowest BCUT2D eigenvalue weighted by Crippen LogP contribution is -2.28. The van der Waals surface area contributed by atoms with Gasteiger partial charge in [0.1, 0.15) is 4.99 Å². The lowest BCUT2D eigenvalue weighted by molar-refractivity contribution is 0.581. The topological polar surface area (TPSA) is 72.2 Å². The summed E-state index contributed by atoms with van der Waals surface area (Å²) in [7, 11) is -3.62. The van der Waals surface area contributed by atoms with Crippen molar-refractivity contribution in [2.75, 3.05) is 6.54 Å². The number of nitrogens with two attached hydrogens (primary N) is 1. The molecule has 0 aliphatic carbocycles. The Morgan fingerprint density at radius 2 is 2.00 bits per heavy atom. The molecule has 8 heteroatoms. The minimum atomic E-state index is -3.62. The van der Waals surface area contributed by atoms with E-state index in [1.54, 1.807) is 29.5 Å². The summed E-state index contributed by atoms with van der Waals surface area (Å²) in [6.45, 7) is 0.320. The second-order valence-corrected chi connectivity index (χ2v) is 8.94. The van der Waals surface area contributed by atoms with Crippen molar-refractivity contribution in [3.63, 3.8) is 0 Å². The van der Waals surface area contributed by atoms with E-state index in [0.29, 0.717) is 18.5 Å². The van der Waals surface area contributed by atoms with Crippen molar-refractivity contribution < 1.29 is 8.42 Å². The van der Waals surface area contributed by atoms with Crippen LogP contribution in [0.15, 0.2) is 45.1 Å². The number of thiophene rings is 1. The van der Waals surface area contributed by atoms with Crippen LogP contribution >= 0.6 is 39.5 Å². The van der Waals surface area contributed by atoms with Crippen molar-refractivity contribution in [3.05, 3.63) is 50.6 Å². The molecule has 0 bridgehead atoms. The molecule has 0 atom stereocenters. The Morgan fingerprint density at radius 1 is 1.29 bits per heavy atom. The van der Waals surface area contributed by atoms with Crippen molar-refractivity contribution in [3.8, 4) is 0 Å². The summed E-state index contributed by atoms with van der Waals surface area (Å²) in [5.41, 5.74) is 5.93. The van der Waals surface area contributed by atoms with Crippen LogP contribution in [0.5, 0.6) is 0 Å². The first kappa shape index (κ1) is 16.6. The molecule has 112 valence electrons. The molecule has 1 heterocycles. The first-order valence-electron chi connectivity index (χ1n) is 6.03. The van der Waals surface area contributed by atoms with Crippen molar-refractivity contribution in [2.45, 2.75) is 11.3 Å². The summed E-state index contributed by atoms with van der Waals surface area (Å²) in [6, 6.07) is 10.4. The average Bonchev–Trinajstić information content (AvgIpc) is 2.84. The zero-order valence-electron chi connectivity index (χ0n) is 10.9. The van der Waals surface area contributed by atoms with E-state index < -0.39 is 10.0 Å². The van der Waals surface area contributed by atoms with Crippen LogP contribution < -0.4 is 10.5 Å². The molecule has 3 N–H and O–H groups in total. The molecule has 0 amide bonds. The molecule has 0 aliphatic rings. The van der Waals surface area contributed by atoms with Crippen LogP contribution in [0.1, 0.15) is 10.4 Å². The molecule has 0 saturated heterocycles. The summed E-state index contributed by atoms with van der Waals surface area (Å²) in [4.78, 5) is 1.29. The van der Waals surface area contributed by atoms with Crippen LogP contribution in [0.25, 0.3) is 0 Å². The summed E-state index contributed by atoms with van der Waals surface area (Å²) in [6.07, 6.45) is 0.630. The average molecular weight is 405 g/mol. The first-order valence-corrected chi connectivity index (χ1v) is 9.53. The predicted octanol–water partition coefficient (Wildman–Crippen LogP) is 2.67. The Morgan fingerprint density at radius 3 is 2.62 bits per heavy atom. The number of hydrogen-bond donors (Lipinski definition) is 2. The molecule has 1 aromatic carbocycles. The van der Waals surface area contributed by atoms with Gasteiger partial charge in [-0.25, -0.2) is 13.1 Å². The zero-order valence-corrected chi connectivity index (χ0v) is 14.9. The molecule has 0 saturated carbocycles. The normalized spacial score (nSPS) is 11.5. The first-order chi connectivity index (χ1) is 9.90. The van der Waals surface area contributed by atoms with E-state index in [1.165, 1.54) is 6.07 Å². The molecule has 0 spiro atoms. The Kier molecular flexibility index (Phi) is 5.50. The Hall–Kier alpha value is -0.800. The molecule has 0 fully saturated rings. The van der Waals surface area contributed by atoms with Gasteiger partial charge in [0.25, 0.3) is 0 Å². The van der Waals surface area contributed by atoms with Crippen LogP contribution in [0.2, 0.25) is 0 Å². The van der Waals surface area contributed by atoms with Crippen molar-refractivity contribution >= 4 is 54.5 Å². The fourth-order valence-corrected chi connectivity index (χ4v) is 4.75. The van der Waals surface area contributed by atoms with Gasteiger partial charge in [-0.2, -0.15) is 0 Å². The second kappa shape index (κ2) is 6.97. The standard InChI is InChI=1S/C13H13BrN2O2S3/c14-12-6-5-9(20-12)7-8-16-21(17,18)11-4-2-1-3-10(11)13(15)19/h1-6,16H,7-8H2,(H2,15,19). The fourth-order valence-electron chi connectivity index (χ4n) is 1.78. The number of sulfonamides is 1. The molecule has 0 radical (unpaired) electrons. The quantitative estimate of drug-likeness (QED) is 0.725. The number of nitrogens with one attached hydrogen (secondary N) is 1. The van der Waals surface area contributed by atoms with Gasteiger partial charge in [0.2, 0.25) is 10.0 Å². The molecule has 0 unspecified atom stereocenters. The summed E-state index contributed by atoms with van der Waals surface area (Å²) in [5.74, 6) is 0. The van der Waals surface area contributed by atoms with E-state index in [4.69, 9.17) is 18.0 Å². The summed E-state index contributed by atoms with van der Waals surface area (Å²) < 4.78 is 28.2. The fraction of sp³-hybridized carbons (Fsp3) is 0.154. The zero-order chi connectivity index (χ0) is 15.5. The smallest absolute Gasteiger partial charge is 0.241 e. The molecule has 2 rings (SSSR count). The minimum Gasteiger partial charge on any atom is -0.389 e. The molecule has 21 heavy (non-hydrogen) atoms. The maximum atomic E-state index is 12.3. The summed E-state index contributed by atoms with van der Waals surface area (Å²) in [5, 5.41) is 0. The third-order valence-corrected chi connectivity index (χ3v) is 6.16. The van der Waals surface area contributed by atoms with Gasteiger partial charge < -0.3 is 5.73 Å². The highest BCUT2D eigenvalue weighted by molar-refractivity contribution is 9.11. The Balaban J connectivity index is 2.10. The van der Waals surface area contributed by atoms with Gasteiger partial charge in [-0.3, -0.25) is 0 Å². The van der Waals surface area contributed by atoms with Crippen molar-refractivity contribution in [1.29, 1.82) is 0 Å². The van der Waals surface area contributed by atoms with E-state index in [2.05, 4.69) is 20.7 Å². The highest BCUT2D eigenvalue weighted by Gasteiger charge is 2.18. The maximum absolute atomic E-state index is 12.3. The van der Waals surface area contributed by atoms with Crippen LogP contribution in [-0.4, -0.2) is 20.0 Å². The van der Waals surface area contributed by atoms with Gasteiger partial charge in [0, 0.05) is 17.0 Å². The number of thiocarbonyl (C=S) groups is 1. The van der Waals surface area contributed by atoms with E-state index in [1.807, 2.05) is 12.1 Å². The van der Waals surface area contributed by atoms with Gasteiger partial charge >= 0.3 is 0 Å². The lowest BCUT2D eigenvalue weighted by Gasteiger charge is -2.10. The van der Waals surface area contributed by atoms with E-state index in [0.717, 1.165) is 8.66 Å². The lowest BCUT2D eigenvalue weighted by atomic mass is 10.2. The molecular weight excluding hydrogens is 392 g/mol.